The van der Waals surface area contributed by atoms with Gasteiger partial charge in [0.1, 0.15) is 0 Å². The molecule has 1 aromatic carbocycles. The summed E-state index contributed by atoms with van der Waals surface area (Å²) in [6.45, 7) is 6.98. The molecular formula is C22H34N4O2S. The molecule has 2 aliphatic heterocycles. The van der Waals surface area contributed by atoms with Gasteiger partial charge in [-0.15, -0.1) is 11.8 Å². The van der Waals surface area contributed by atoms with Gasteiger partial charge in [0.15, 0.2) is 0 Å². The second-order valence-corrected chi connectivity index (χ2v) is 9.03. The van der Waals surface area contributed by atoms with Gasteiger partial charge in [-0.05, 0) is 43.6 Å². The average Bonchev–Trinajstić information content (AvgIpc) is 2.76. The fraction of sp³-hybridized carbons (Fsp3) is 0.636. The van der Waals surface area contributed by atoms with Crippen LogP contribution >= 0.6 is 11.8 Å². The minimum atomic E-state index is 0.104. The number of benzene rings is 1. The molecule has 1 aromatic rings. The van der Waals surface area contributed by atoms with Crippen molar-refractivity contribution in [2.45, 2.75) is 30.6 Å². The summed E-state index contributed by atoms with van der Waals surface area (Å²) in [7, 11) is 0. The highest BCUT2D eigenvalue weighted by Crippen LogP contribution is 2.17. The maximum atomic E-state index is 12.4. The molecule has 0 saturated carbocycles. The fourth-order valence-electron chi connectivity index (χ4n) is 3.81. The first kappa shape index (κ1) is 22.1. The largest absolute Gasteiger partial charge is 0.355 e. The van der Waals surface area contributed by atoms with E-state index in [0.717, 1.165) is 70.8 Å². The Morgan fingerprint density at radius 2 is 1.52 bits per heavy atom. The molecule has 160 valence electrons. The van der Waals surface area contributed by atoms with E-state index in [1.165, 1.54) is 11.3 Å². The molecule has 1 N–H and O–H groups in total. The van der Waals surface area contributed by atoms with Crippen LogP contribution in [0.1, 0.15) is 25.7 Å². The molecule has 0 radical (unpaired) electrons. The Bertz CT molecular complexity index is 629. The number of nitrogens with one attached hydrogen (secondary N) is 1. The lowest BCUT2D eigenvalue weighted by Crippen LogP contribution is -2.52. The quantitative estimate of drug-likeness (QED) is 0.490. The molecule has 2 fully saturated rings. The van der Waals surface area contributed by atoms with E-state index in [1.54, 1.807) is 0 Å². The topological polar surface area (TPSA) is 55.9 Å². The Hall–Kier alpha value is -1.57. The highest BCUT2D eigenvalue weighted by molar-refractivity contribution is 7.99. The molecule has 2 amide bonds. The van der Waals surface area contributed by atoms with Crippen LogP contribution in [0, 0.1) is 0 Å². The fourth-order valence-corrected chi connectivity index (χ4v) is 4.68. The number of thioether (sulfide) groups is 1. The minimum Gasteiger partial charge on any atom is -0.355 e. The summed E-state index contributed by atoms with van der Waals surface area (Å²) < 4.78 is 0. The van der Waals surface area contributed by atoms with Crippen molar-refractivity contribution in [2.24, 2.45) is 0 Å². The Morgan fingerprint density at radius 1 is 0.862 bits per heavy atom. The number of piperazine rings is 1. The average molecular weight is 419 g/mol. The molecule has 2 saturated heterocycles. The van der Waals surface area contributed by atoms with Crippen LogP contribution in [0.15, 0.2) is 35.2 Å². The first-order valence-electron chi connectivity index (χ1n) is 10.9. The number of piperidine rings is 1. The van der Waals surface area contributed by atoms with E-state index >= 15 is 0 Å². The Balaban J connectivity index is 1.23. The van der Waals surface area contributed by atoms with Crippen LogP contribution in [0.2, 0.25) is 0 Å². The van der Waals surface area contributed by atoms with Gasteiger partial charge in [-0.3, -0.25) is 19.4 Å². The summed E-state index contributed by atoms with van der Waals surface area (Å²) in [6, 6.07) is 10.4. The van der Waals surface area contributed by atoms with Crippen molar-refractivity contribution in [1.82, 2.24) is 20.0 Å². The number of hydrogen-bond donors (Lipinski definition) is 1. The van der Waals surface area contributed by atoms with Gasteiger partial charge in [-0.2, -0.15) is 0 Å². The van der Waals surface area contributed by atoms with Crippen LogP contribution in [0.3, 0.4) is 0 Å². The molecule has 0 atom stereocenters. The summed E-state index contributed by atoms with van der Waals surface area (Å²) >= 11 is 1.82. The zero-order valence-electron chi connectivity index (χ0n) is 17.4. The predicted molar refractivity (Wildman–Crippen MR) is 118 cm³/mol. The van der Waals surface area contributed by atoms with Crippen LogP contribution in [0.5, 0.6) is 0 Å². The van der Waals surface area contributed by atoms with Crippen LogP contribution in [-0.2, 0) is 9.59 Å². The van der Waals surface area contributed by atoms with E-state index in [4.69, 9.17) is 0 Å². The first-order chi connectivity index (χ1) is 14.2. The highest BCUT2D eigenvalue weighted by atomic mass is 32.2. The maximum Gasteiger partial charge on any atom is 0.236 e. The standard InChI is InChI=1S/C22H34N4O2S/c27-21(23-10-7-17-29-20-8-3-1-4-9-20)18-24-13-15-25(16-14-24)19-22(28)26-11-5-2-6-12-26/h1,3-4,8-9H,2,5-7,10-19H2,(H,23,27). The van der Waals surface area contributed by atoms with E-state index in [0.29, 0.717) is 13.1 Å². The molecule has 0 aliphatic carbocycles. The second-order valence-electron chi connectivity index (χ2n) is 7.86. The molecule has 0 aromatic heterocycles. The number of nitrogens with zero attached hydrogens (tertiary/aromatic N) is 3. The molecule has 6 nitrogen and oxygen atoms in total. The molecule has 29 heavy (non-hydrogen) atoms. The van der Waals surface area contributed by atoms with Gasteiger partial charge in [-0.25, -0.2) is 0 Å². The summed E-state index contributed by atoms with van der Waals surface area (Å²) in [4.78, 5) is 32.3. The predicted octanol–water partition coefficient (Wildman–Crippen LogP) is 1.92. The zero-order valence-corrected chi connectivity index (χ0v) is 18.2. The number of hydrogen-bond acceptors (Lipinski definition) is 5. The third kappa shape index (κ3) is 7.99. The van der Waals surface area contributed by atoms with Gasteiger partial charge in [0.05, 0.1) is 13.1 Å². The molecule has 0 unspecified atom stereocenters. The Labute approximate surface area is 179 Å². The van der Waals surface area contributed by atoms with E-state index < -0.39 is 0 Å². The second kappa shape index (κ2) is 12.2. The van der Waals surface area contributed by atoms with Gasteiger partial charge in [0.2, 0.25) is 11.8 Å². The molecule has 3 rings (SSSR count). The van der Waals surface area contributed by atoms with Gasteiger partial charge < -0.3 is 10.2 Å². The minimum absolute atomic E-state index is 0.104. The van der Waals surface area contributed by atoms with Crippen molar-refractivity contribution in [1.29, 1.82) is 0 Å². The smallest absolute Gasteiger partial charge is 0.236 e. The van der Waals surface area contributed by atoms with Crippen molar-refractivity contribution in [3.63, 3.8) is 0 Å². The number of likely N-dealkylation sites (tertiary alicyclic amines) is 1. The number of amides is 2. The van der Waals surface area contributed by atoms with Crippen molar-refractivity contribution in [3.8, 4) is 0 Å². The van der Waals surface area contributed by atoms with Gasteiger partial charge in [-0.1, -0.05) is 18.2 Å². The molecule has 2 heterocycles. The molecule has 7 heteroatoms. The van der Waals surface area contributed by atoms with Crippen LogP contribution in [0.25, 0.3) is 0 Å². The van der Waals surface area contributed by atoms with Crippen LogP contribution in [0.4, 0.5) is 0 Å². The molecular weight excluding hydrogens is 384 g/mol. The zero-order chi connectivity index (χ0) is 20.3. The van der Waals surface area contributed by atoms with E-state index in [2.05, 4.69) is 27.2 Å². The first-order valence-corrected chi connectivity index (χ1v) is 11.9. The monoisotopic (exact) mass is 418 g/mol. The highest BCUT2D eigenvalue weighted by Gasteiger charge is 2.23. The maximum absolute atomic E-state index is 12.4. The van der Waals surface area contributed by atoms with Crippen molar-refractivity contribution < 1.29 is 9.59 Å². The van der Waals surface area contributed by atoms with Gasteiger partial charge in [0, 0.05) is 50.7 Å². The van der Waals surface area contributed by atoms with E-state index in [1.807, 2.05) is 34.9 Å². The summed E-state index contributed by atoms with van der Waals surface area (Å²) in [5.74, 6) is 1.38. The van der Waals surface area contributed by atoms with Gasteiger partial charge >= 0.3 is 0 Å². The third-order valence-electron chi connectivity index (χ3n) is 5.55. The van der Waals surface area contributed by atoms with E-state index in [9.17, 15) is 9.59 Å². The van der Waals surface area contributed by atoms with Crippen LogP contribution in [-0.4, -0.2) is 91.2 Å². The normalized spacial score (nSPS) is 18.6. The SMILES string of the molecule is O=C(CN1CCN(CC(=O)N2CCCCC2)CC1)NCCCSc1ccccc1. The van der Waals surface area contributed by atoms with Crippen molar-refractivity contribution in [3.05, 3.63) is 30.3 Å². The van der Waals surface area contributed by atoms with Crippen molar-refractivity contribution >= 4 is 23.6 Å². The van der Waals surface area contributed by atoms with Crippen LogP contribution < -0.4 is 5.32 Å². The summed E-state index contributed by atoms with van der Waals surface area (Å²) in [5, 5.41) is 3.03. The molecule has 2 aliphatic rings. The number of carbonyl (C=O) groups excluding carboxylic acids is 2. The lowest BCUT2D eigenvalue weighted by Gasteiger charge is -2.35. The number of rotatable bonds is 9. The van der Waals surface area contributed by atoms with Gasteiger partial charge in [0.25, 0.3) is 0 Å². The van der Waals surface area contributed by atoms with E-state index in [-0.39, 0.29) is 11.8 Å². The lowest BCUT2D eigenvalue weighted by atomic mass is 10.1. The Morgan fingerprint density at radius 3 is 2.21 bits per heavy atom. The number of carbonyl (C=O) groups is 2. The third-order valence-corrected chi connectivity index (χ3v) is 6.65. The van der Waals surface area contributed by atoms with Crippen molar-refractivity contribution in [2.75, 3.05) is 64.7 Å². The summed E-state index contributed by atoms with van der Waals surface area (Å²) in [6.07, 6.45) is 4.49. The molecule has 0 bridgehead atoms. The summed E-state index contributed by atoms with van der Waals surface area (Å²) in [5.41, 5.74) is 0. The molecule has 0 spiro atoms. The Kier molecular flexibility index (Phi) is 9.31. The lowest BCUT2D eigenvalue weighted by molar-refractivity contribution is -0.134.